The van der Waals surface area contributed by atoms with Crippen LogP contribution in [0.1, 0.15) is 30.7 Å². The second kappa shape index (κ2) is 4.94. The molecule has 106 valence electrons. The zero-order valence-electron chi connectivity index (χ0n) is 10.9. The first-order valence-corrected chi connectivity index (χ1v) is 7.23. The molecule has 5 nitrogen and oxygen atoms in total. The third kappa shape index (κ3) is 2.43. The van der Waals surface area contributed by atoms with E-state index < -0.39 is 5.97 Å². The molecule has 0 saturated heterocycles. The van der Waals surface area contributed by atoms with Crippen molar-refractivity contribution in [3.8, 4) is 5.75 Å². The number of carboxylic acid groups (broad SMARTS) is 1. The van der Waals surface area contributed by atoms with Crippen molar-refractivity contribution in [2.45, 2.75) is 25.2 Å². The fourth-order valence-electron chi connectivity index (χ4n) is 2.60. The lowest BCUT2D eigenvalue weighted by molar-refractivity contribution is -0.137. The molecule has 0 aliphatic heterocycles. The Kier molecular flexibility index (Phi) is 3.25. The van der Waals surface area contributed by atoms with E-state index in [-0.39, 0.29) is 17.3 Å². The third-order valence-corrected chi connectivity index (χ3v) is 4.46. The van der Waals surface area contributed by atoms with Crippen LogP contribution in [0.2, 0.25) is 0 Å². The van der Waals surface area contributed by atoms with Gasteiger partial charge in [-0.2, -0.15) is 0 Å². The van der Waals surface area contributed by atoms with Gasteiger partial charge >= 0.3 is 10.9 Å². The number of rotatable bonds is 5. The second-order valence-electron chi connectivity index (χ2n) is 5.04. The molecule has 1 aromatic heterocycles. The van der Waals surface area contributed by atoms with Crippen LogP contribution in [0.3, 0.4) is 0 Å². The third-order valence-electron chi connectivity index (χ3n) is 3.67. The highest BCUT2D eigenvalue weighted by Crippen LogP contribution is 2.47. The fourth-order valence-corrected chi connectivity index (χ4v) is 3.28. The van der Waals surface area contributed by atoms with Crippen molar-refractivity contribution in [3.05, 3.63) is 27.4 Å². The summed E-state index contributed by atoms with van der Waals surface area (Å²) in [7, 11) is 1.55. The molecule has 1 aromatic carbocycles. The van der Waals surface area contributed by atoms with Crippen LogP contribution in [0.4, 0.5) is 0 Å². The molecular weight excluding hydrogens is 280 g/mol. The van der Waals surface area contributed by atoms with E-state index in [1.807, 2.05) is 0 Å². The Morgan fingerprint density at radius 2 is 2.30 bits per heavy atom. The molecule has 1 aliphatic carbocycles. The molecule has 0 spiro atoms. The van der Waals surface area contributed by atoms with E-state index in [1.54, 1.807) is 19.2 Å². The summed E-state index contributed by atoms with van der Waals surface area (Å²) in [5, 5.41) is 9.09. The number of hydrogen-bond donors (Lipinski definition) is 1. The van der Waals surface area contributed by atoms with Crippen LogP contribution in [-0.4, -0.2) is 18.2 Å². The smallest absolute Gasteiger partial charge is 0.396 e. The molecule has 0 bridgehead atoms. The Morgan fingerprint density at radius 3 is 2.90 bits per heavy atom. The van der Waals surface area contributed by atoms with Crippen LogP contribution in [0.25, 0.3) is 10.3 Å². The zero-order chi connectivity index (χ0) is 14.3. The summed E-state index contributed by atoms with van der Waals surface area (Å²) in [6.07, 6.45) is 2.14. The van der Waals surface area contributed by atoms with E-state index in [0.717, 1.165) is 34.4 Å². The van der Waals surface area contributed by atoms with E-state index in [2.05, 4.69) is 0 Å². The number of benzene rings is 1. The average molecular weight is 294 g/mol. The zero-order valence-corrected chi connectivity index (χ0v) is 11.7. The van der Waals surface area contributed by atoms with Gasteiger partial charge in [0.15, 0.2) is 0 Å². The molecular formula is C14H14O5S. The normalized spacial score (nSPS) is 16.2. The van der Waals surface area contributed by atoms with Crippen molar-refractivity contribution in [1.82, 2.24) is 0 Å². The standard InChI is InChI=1S/C14H14O5S/c1-18-10-6-12-11(19-14(17)20-12)4-9(10)8(5-13(15)16)7-2-3-7/h4,6-8H,2-3,5H2,1H3,(H,15,16). The predicted octanol–water partition coefficient (Wildman–Crippen LogP) is 2.83. The summed E-state index contributed by atoms with van der Waals surface area (Å²) in [4.78, 5) is 22.0. The molecule has 1 aliphatic rings. The summed E-state index contributed by atoms with van der Waals surface area (Å²) in [5.74, 6) is 0.100. The number of carboxylic acids is 1. The van der Waals surface area contributed by atoms with Crippen LogP contribution >= 0.6 is 11.3 Å². The van der Waals surface area contributed by atoms with E-state index in [0.29, 0.717) is 17.3 Å². The molecule has 1 saturated carbocycles. The second-order valence-corrected chi connectivity index (χ2v) is 6.01. The minimum atomic E-state index is -0.823. The Bertz CT molecular complexity index is 710. The van der Waals surface area contributed by atoms with Crippen molar-refractivity contribution in [2.75, 3.05) is 7.11 Å². The van der Waals surface area contributed by atoms with Crippen molar-refractivity contribution in [1.29, 1.82) is 0 Å². The number of fused-ring (bicyclic) bond motifs is 1. The highest BCUT2D eigenvalue weighted by Gasteiger charge is 2.35. The van der Waals surface area contributed by atoms with Crippen LogP contribution in [0.15, 0.2) is 21.3 Å². The van der Waals surface area contributed by atoms with Crippen LogP contribution in [0, 0.1) is 5.92 Å². The number of methoxy groups -OCH3 is 1. The van der Waals surface area contributed by atoms with Crippen molar-refractivity contribution in [3.63, 3.8) is 0 Å². The summed E-state index contributed by atoms with van der Waals surface area (Å²) < 4.78 is 11.2. The maximum Gasteiger partial charge on any atom is 0.396 e. The van der Waals surface area contributed by atoms with Gasteiger partial charge in [-0.3, -0.25) is 4.79 Å². The lowest BCUT2D eigenvalue weighted by Crippen LogP contribution is -2.09. The topological polar surface area (TPSA) is 76.7 Å². The minimum absolute atomic E-state index is 0.0703. The van der Waals surface area contributed by atoms with Crippen molar-refractivity contribution < 1.29 is 19.1 Å². The van der Waals surface area contributed by atoms with Crippen LogP contribution < -0.4 is 9.68 Å². The molecule has 2 aromatic rings. The van der Waals surface area contributed by atoms with Gasteiger partial charge in [0.05, 0.1) is 18.2 Å². The Balaban J connectivity index is 2.11. The van der Waals surface area contributed by atoms with E-state index >= 15 is 0 Å². The van der Waals surface area contributed by atoms with E-state index in [1.165, 1.54) is 0 Å². The summed E-state index contributed by atoms with van der Waals surface area (Å²) in [6.45, 7) is 0. The molecule has 0 amide bonds. The number of hydrogen-bond acceptors (Lipinski definition) is 5. The van der Waals surface area contributed by atoms with Gasteiger partial charge in [-0.1, -0.05) is 11.3 Å². The number of carbonyl (C=O) groups is 1. The maximum absolute atomic E-state index is 11.3. The number of aliphatic carboxylic acids is 1. The number of ether oxygens (including phenoxy) is 1. The Morgan fingerprint density at radius 1 is 1.55 bits per heavy atom. The monoisotopic (exact) mass is 294 g/mol. The lowest BCUT2D eigenvalue weighted by Gasteiger charge is -2.17. The van der Waals surface area contributed by atoms with Gasteiger partial charge in [-0.05, 0) is 24.8 Å². The maximum atomic E-state index is 11.3. The lowest BCUT2D eigenvalue weighted by atomic mass is 9.90. The van der Waals surface area contributed by atoms with Gasteiger partial charge in [-0.15, -0.1) is 0 Å². The van der Waals surface area contributed by atoms with Gasteiger partial charge in [-0.25, -0.2) is 4.79 Å². The quantitative estimate of drug-likeness (QED) is 0.917. The molecule has 1 unspecified atom stereocenters. The molecule has 20 heavy (non-hydrogen) atoms. The molecule has 1 atom stereocenters. The molecule has 6 heteroatoms. The van der Waals surface area contributed by atoms with Crippen molar-refractivity contribution in [2.24, 2.45) is 5.92 Å². The first-order valence-electron chi connectivity index (χ1n) is 6.42. The molecule has 3 rings (SSSR count). The van der Waals surface area contributed by atoms with Gasteiger partial charge in [0, 0.05) is 17.5 Å². The first-order chi connectivity index (χ1) is 9.58. The van der Waals surface area contributed by atoms with Crippen LogP contribution in [-0.2, 0) is 4.79 Å². The SMILES string of the molecule is COc1cc2sc(=O)oc2cc1C(CC(=O)O)C1CC1. The minimum Gasteiger partial charge on any atom is -0.496 e. The molecule has 1 fully saturated rings. The largest absolute Gasteiger partial charge is 0.496 e. The molecule has 1 heterocycles. The molecule has 0 radical (unpaired) electrons. The Labute approximate surface area is 118 Å². The molecule has 1 N–H and O–H groups in total. The average Bonchev–Trinajstić information content (AvgIpc) is 3.16. The summed E-state index contributed by atoms with van der Waals surface area (Å²) in [6, 6.07) is 3.52. The fraction of sp³-hybridized carbons (Fsp3) is 0.429. The highest BCUT2D eigenvalue weighted by atomic mass is 32.1. The summed E-state index contributed by atoms with van der Waals surface area (Å²) in [5.41, 5.74) is 1.33. The summed E-state index contributed by atoms with van der Waals surface area (Å²) >= 11 is 1.02. The van der Waals surface area contributed by atoms with Gasteiger partial charge in [0.1, 0.15) is 11.3 Å². The predicted molar refractivity (Wildman–Crippen MR) is 74.6 cm³/mol. The Hall–Kier alpha value is -1.82. The van der Waals surface area contributed by atoms with Gasteiger partial charge < -0.3 is 14.3 Å². The van der Waals surface area contributed by atoms with E-state index in [9.17, 15) is 9.59 Å². The van der Waals surface area contributed by atoms with Gasteiger partial charge in [0.2, 0.25) is 0 Å². The van der Waals surface area contributed by atoms with Crippen molar-refractivity contribution >= 4 is 27.6 Å². The van der Waals surface area contributed by atoms with Gasteiger partial charge in [0.25, 0.3) is 0 Å². The highest BCUT2D eigenvalue weighted by molar-refractivity contribution is 7.16. The van der Waals surface area contributed by atoms with Crippen LogP contribution in [0.5, 0.6) is 5.75 Å². The first kappa shape index (κ1) is 13.2. The van der Waals surface area contributed by atoms with E-state index in [4.69, 9.17) is 14.3 Å².